The molecular weight excluding hydrogens is 264 g/mol. The van der Waals surface area contributed by atoms with Crippen molar-refractivity contribution in [3.8, 4) is 0 Å². The summed E-state index contributed by atoms with van der Waals surface area (Å²) in [4.78, 5) is 26.0. The molecule has 1 aromatic rings. The van der Waals surface area contributed by atoms with Gasteiger partial charge in [-0.05, 0) is 31.2 Å². The van der Waals surface area contributed by atoms with E-state index in [0.29, 0.717) is 12.5 Å². The largest absolute Gasteiger partial charge is 0.347 e. The van der Waals surface area contributed by atoms with Crippen molar-refractivity contribution in [3.05, 3.63) is 35.9 Å². The molecule has 1 aliphatic rings. The predicted octanol–water partition coefficient (Wildman–Crippen LogP) is 2.14. The lowest BCUT2D eigenvalue weighted by atomic mass is 10.00. The molecule has 1 N–H and O–H groups in total. The molecule has 4 heteroatoms. The number of nitrogens with zero attached hydrogens (tertiary/aromatic N) is 1. The van der Waals surface area contributed by atoms with Crippen LogP contribution in [0.3, 0.4) is 0 Å². The van der Waals surface area contributed by atoms with E-state index in [9.17, 15) is 9.59 Å². The van der Waals surface area contributed by atoms with Gasteiger partial charge < -0.3 is 10.2 Å². The molecule has 4 nitrogen and oxygen atoms in total. The molecule has 0 spiro atoms. The van der Waals surface area contributed by atoms with Gasteiger partial charge in [-0.1, -0.05) is 37.3 Å². The van der Waals surface area contributed by atoms with Crippen LogP contribution in [0.4, 0.5) is 0 Å². The first-order valence-corrected chi connectivity index (χ1v) is 7.80. The van der Waals surface area contributed by atoms with Crippen LogP contribution < -0.4 is 5.32 Å². The number of hydrogen-bond acceptors (Lipinski definition) is 2. The standard InChI is InChI=1S/C17H24N2O2/c1-2-15-10-6-7-11-19(15)17(21)13-18-16(20)12-14-8-4-3-5-9-14/h3-5,8-9,15H,2,6-7,10-13H2,1H3,(H,18,20)/t15-/m0/s1. The Morgan fingerprint density at radius 1 is 1.24 bits per heavy atom. The van der Waals surface area contributed by atoms with E-state index in [1.165, 1.54) is 6.42 Å². The molecule has 21 heavy (non-hydrogen) atoms. The number of amides is 2. The number of nitrogens with one attached hydrogen (secondary N) is 1. The van der Waals surface area contributed by atoms with Gasteiger partial charge in [0, 0.05) is 12.6 Å². The molecule has 1 heterocycles. The minimum absolute atomic E-state index is 0.0444. The van der Waals surface area contributed by atoms with Crippen molar-refractivity contribution in [2.75, 3.05) is 13.1 Å². The molecular formula is C17H24N2O2. The van der Waals surface area contributed by atoms with E-state index in [2.05, 4.69) is 12.2 Å². The molecule has 0 radical (unpaired) electrons. The Balaban J connectivity index is 1.79. The second kappa shape index (κ2) is 7.81. The van der Waals surface area contributed by atoms with E-state index in [1.807, 2.05) is 35.2 Å². The summed E-state index contributed by atoms with van der Waals surface area (Å²) < 4.78 is 0. The molecule has 1 saturated heterocycles. The molecule has 2 rings (SSSR count). The summed E-state index contributed by atoms with van der Waals surface area (Å²) in [7, 11) is 0. The first kappa shape index (κ1) is 15.5. The zero-order valence-electron chi connectivity index (χ0n) is 12.7. The van der Waals surface area contributed by atoms with Gasteiger partial charge in [0.05, 0.1) is 13.0 Å². The average molecular weight is 288 g/mol. The van der Waals surface area contributed by atoms with Crippen molar-refractivity contribution in [2.45, 2.75) is 45.1 Å². The third kappa shape index (κ3) is 4.59. The van der Waals surface area contributed by atoms with E-state index in [-0.39, 0.29) is 18.4 Å². The second-order valence-corrected chi connectivity index (χ2v) is 5.58. The fourth-order valence-electron chi connectivity index (χ4n) is 2.87. The van der Waals surface area contributed by atoms with Gasteiger partial charge in [0.1, 0.15) is 0 Å². The number of likely N-dealkylation sites (tertiary alicyclic amines) is 1. The van der Waals surface area contributed by atoms with Gasteiger partial charge in [-0.3, -0.25) is 9.59 Å². The van der Waals surface area contributed by atoms with E-state index in [1.54, 1.807) is 0 Å². The Morgan fingerprint density at radius 3 is 2.71 bits per heavy atom. The highest BCUT2D eigenvalue weighted by Gasteiger charge is 2.25. The van der Waals surface area contributed by atoms with Crippen molar-refractivity contribution in [1.82, 2.24) is 10.2 Å². The monoisotopic (exact) mass is 288 g/mol. The first-order chi connectivity index (χ1) is 10.2. The van der Waals surface area contributed by atoms with Crippen LogP contribution in [0, 0.1) is 0 Å². The maximum atomic E-state index is 12.2. The highest BCUT2D eigenvalue weighted by Crippen LogP contribution is 2.19. The average Bonchev–Trinajstić information content (AvgIpc) is 2.53. The van der Waals surface area contributed by atoms with Crippen molar-refractivity contribution in [2.24, 2.45) is 0 Å². The highest BCUT2D eigenvalue weighted by molar-refractivity contribution is 5.85. The number of carbonyl (C=O) groups is 2. The predicted molar refractivity (Wildman–Crippen MR) is 82.8 cm³/mol. The fourth-order valence-corrected chi connectivity index (χ4v) is 2.87. The Labute approximate surface area is 126 Å². The highest BCUT2D eigenvalue weighted by atomic mass is 16.2. The van der Waals surface area contributed by atoms with Crippen molar-refractivity contribution in [3.63, 3.8) is 0 Å². The third-order valence-electron chi connectivity index (χ3n) is 4.06. The lowest BCUT2D eigenvalue weighted by Crippen LogP contribution is -2.47. The van der Waals surface area contributed by atoms with Crippen LogP contribution >= 0.6 is 0 Å². The van der Waals surface area contributed by atoms with Crippen molar-refractivity contribution in [1.29, 1.82) is 0 Å². The van der Waals surface area contributed by atoms with E-state index < -0.39 is 0 Å². The third-order valence-corrected chi connectivity index (χ3v) is 4.06. The molecule has 1 aromatic carbocycles. The number of piperidine rings is 1. The number of carbonyl (C=O) groups excluding carboxylic acids is 2. The second-order valence-electron chi connectivity index (χ2n) is 5.58. The summed E-state index contributed by atoms with van der Waals surface area (Å²) in [6.07, 6.45) is 4.66. The molecule has 0 bridgehead atoms. The van der Waals surface area contributed by atoms with E-state index in [4.69, 9.17) is 0 Å². The molecule has 1 aliphatic heterocycles. The minimum atomic E-state index is -0.0976. The molecule has 0 saturated carbocycles. The molecule has 0 unspecified atom stereocenters. The van der Waals surface area contributed by atoms with Crippen LogP contribution in [-0.4, -0.2) is 35.8 Å². The summed E-state index contributed by atoms with van der Waals surface area (Å²) in [5.74, 6) is -0.0532. The lowest BCUT2D eigenvalue weighted by Gasteiger charge is -2.35. The summed E-state index contributed by atoms with van der Waals surface area (Å²) in [6, 6.07) is 9.92. The lowest BCUT2D eigenvalue weighted by molar-refractivity contribution is -0.135. The number of benzene rings is 1. The summed E-state index contributed by atoms with van der Waals surface area (Å²) in [5.41, 5.74) is 0.965. The summed E-state index contributed by atoms with van der Waals surface area (Å²) in [6.45, 7) is 3.05. The zero-order chi connectivity index (χ0) is 15.1. The van der Waals surface area contributed by atoms with Crippen LogP contribution in [0.25, 0.3) is 0 Å². The van der Waals surface area contributed by atoms with Gasteiger partial charge in [-0.2, -0.15) is 0 Å². The Hall–Kier alpha value is -1.84. The maximum Gasteiger partial charge on any atom is 0.242 e. The van der Waals surface area contributed by atoms with Crippen LogP contribution in [0.1, 0.15) is 38.2 Å². The Bertz CT molecular complexity index is 473. The Morgan fingerprint density at radius 2 is 2.00 bits per heavy atom. The normalized spacial score (nSPS) is 18.3. The molecule has 1 fully saturated rings. The molecule has 1 atom stereocenters. The fraction of sp³-hybridized carbons (Fsp3) is 0.529. The van der Waals surface area contributed by atoms with Crippen LogP contribution in [0.15, 0.2) is 30.3 Å². The van der Waals surface area contributed by atoms with Gasteiger partial charge >= 0.3 is 0 Å². The van der Waals surface area contributed by atoms with E-state index >= 15 is 0 Å². The number of hydrogen-bond donors (Lipinski definition) is 1. The quantitative estimate of drug-likeness (QED) is 0.902. The summed E-state index contributed by atoms with van der Waals surface area (Å²) >= 11 is 0. The van der Waals surface area contributed by atoms with E-state index in [0.717, 1.165) is 31.4 Å². The first-order valence-electron chi connectivity index (χ1n) is 7.80. The van der Waals surface area contributed by atoms with Gasteiger partial charge in [0.15, 0.2) is 0 Å². The smallest absolute Gasteiger partial charge is 0.242 e. The molecule has 2 amide bonds. The van der Waals surface area contributed by atoms with Crippen LogP contribution in [-0.2, 0) is 16.0 Å². The zero-order valence-corrected chi connectivity index (χ0v) is 12.7. The Kier molecular flexibility index (Phi) is 5.78. The summed E-state index contributed by atoms with van der Waals surface area (Å²) in [5, 5.41) is 2.74. The van der Waals surface area contributed by atoms with Gasteiger partial charge in [0.2, 0.25) is 11.8 Å². The topological polar surface area (TPSA) is 49.4 Å². The minimum Gasteiger partial charge on any atom is -0.347 e. The van der Waals surface area contributed by atoms with Gasteiger partial charge in [-0.15, -0.1) is 0 Å². The molecule has 114 valence electrons. The molecule has 0 aromatic heterocycles. The van der Waals surface area contributed by atoms with Crippen molar-refractivity contribution < 1.29 is 9.59 Å². The molecule has 0 aliphatic carbocycles. The maximum absolute atomic E-state index is 12.2. The SMILES string of the molecule is CC[C@H]1CCCCN1C(=O)CNC(=O)Cc1ccccc1. The van der Waals surface area contributed by atoms with Gasteiger partial charge in [0.25, 0.3) is 0 Å². The van der Waals surface area contributed by atoms with Crippen LogP contribution in [0.2, 0.25) is 0 Å². The number of rotatable bonds is 5. The van der Waals surface area contributed by atoms with Gasteiger partial charge in [-0.25, -0.2) is 0 Å². The van der Waals surface area contributed by atoms with Crippen molar-refractivity contribution >= 4 is 11.8 Å². The van der Waals surface area contributed by atoms with Crippen LogP contribution in [0.5, 0.6) is 0 Å².